The molecular weight excluding hydrogens is 460 g/mol. The Balaban J connectivity index is 2.14. The van der Waals surface area contributed by atoms with Gasteiger partial charge < -0.3 is 14.1 Å². The predicted octanol–water partition coefficient (Wildman–Crippen LogP) is 3.84. The highest BCUT2D eigenvalue weighted by Crippen LogP contribution is 2.32. The van der Waals surface area contributed by atoms with Crippen molar-refractivity contribution in [2.75, 3.05) is 7.05 Å². The van der Waals surface area contributed by atoms with E-state index in [4.69, 9.17) is 9.15 Å². The van der Waals surface area contributed by atoms with Crippen LogP contribution in [0.25, 0.3) is 11.3 Å². The molecule has 3 heterocycles. The van der Waals surface area contributed by atoms with Crippen molar-refractivity contribution >= 4 is 22.4 Å². The number of carbonyl (C=O) groups excluding carboxylic acids is 2. The number of ether oxygens (including phenoxy) is 1. The average molecular weight is 481 g/mol. The van der Waals surface area contributed by atoms with Crippen LogP contribution in [0.2, 0.25) is 0 Å². The highest BCUT2D eigenvalue weighted by Gasteiger charge is 2.31. The Morgan fingerprint density at radius 2 is 1.97 bits per heavy atom. The molecule has 0 N–H and O–H groups in total. The van der Waals surface area contributed by atoms with E-state index in [1.54, 1.807) is 20.8 Å². The molecule has 33 heavy (non-hydrogen) atoms. The zero-order chi connectivity index (χ0) is 24.6. The maximum Gasteiger partial charge on any atom is 0.410 e. The Morgan fingerprint density at radius 1 is 1.27 bits per heavy atom. The van der Waals surface area contributed by atoms with Crippen molar-refractivity contribution in [1.29, 1.82) is 0 Å². The second-order valence-electron chi connectivity index (χ2n) is 8.07. The number of carbonyl (C=O) groups is 2. The van der Waals surface area contributed by atoms with Gasteiger partial charge in [0.15, 0.2) is 17.9 Å². The van der Waals surface area contributed by atoms with Crippen LogP contribution in [0, 0.1) is 11.8 Å². The van der Waals surface area contributed by atoms with Crippen molar-refractivity contribution < 1.29 is 35.9 Å². The molecule has 0 spiro atoms. The third-order valence-electron chi connectivity index (χ3n) is 4.34. The summed E-state index contributed by atoms with van der Waals surface area (Å²) in [6.45, 7) is 4.59. The van der Waals surface area contributed by atoms with Crippen LogP contribution in [0.4, 0.5) is 13.6 Å². The number of nitrogens with zero attached hydrogens (tertiary/aromatic N) is 3. The standard InChI is InChI=1S/C21H21F2N3O6S/c1-21(2,3)32-20(28)25(4)10-13-11-26(33(29,30)16-8-7-14(12-27)31-16)18(17(13)22)15-6-5-9-24-19(15)23/h5-9,11-12H,10H2,1-4H3. The van der Waals surface area contributed by atoms with E-state index >= 15 is 4.39 Å². The molecule has 1 amide bonds. The second-order valence-corrected chi connectivity index (χ2v) is 9.82. The number of aldehydes is 1. The van der Waals surface area contributed by atoms with Crippen LogP contribution in [-0.2, 0) is 21.3 Å². The van der Waals surface area contributed by atoms with E-state index in [9.17, 15) is 22.4 Å². The Kier molecular flexibility index (Phi) is 6.41. The fourth-order valence-electron chi connectivity index (χ4n) is 2.90. The largest absolute Gasteiger partial charge is 0.444 e. The van der Waals surface area contributed by atoms with E-state index in [0.29, 0.717) is 10.3 Å². The van der Waals surface area contributed by atoms with Gasteiger partial charge in [0.1, 0.15) is 11.3 Å². The number of rotatable bonds is 6. The summed E-state index contributed by atoms with van der Waals surface area (Å²) in [7, 11) is -3.25. The summed E-state index contributed by atoms with van der Waals surface area (Å²) in [4.78, 5) is 27.7. The van der Waals surface area contributed by atoms with E-state index in [-0.39, 0.29) is 17.9 Å². The smallest absolute Gasteiger partial charge is 0.410 e. The molecule has 3 rings (SSSR count). The van der Waals surface area contributed by atoms with Crippen LogP contribution in [-0.4, -0.2) is 47.3 Å². The molecule has 0 saturated carbocycles. The maximum absolute atomic E-state index is 15.5. The van der Waals surface area contributed by atoms with Gasteiger partial charge in [0.05, 0.1) is 12.1 Å². The SMILES string of the molecule is CN(Cc1cn(S(=O)(=O)c2ccc(C=O)o2)c(-c2cccnc2F)c1F)C(=O)OC(C)(C)C. The van der Waals surface area contributed by atoms with Gasteiger partial charge in [0.2, 0.25) is 11.0 Å². The van der Waals surface area contributed by atoms with Crippen LogP contribution < -0.4 is 0 Å². The molecule has 0 fully saturated rings. The summed E-state index contributed by atoms with van der Waals surface area (Å²) in [5.74, 6) is -2.45. The summed E-state index contributed by atoms with van der Waals surface area (Å²) in [6, 6.07) is 4.62. The van der Waals surface area contributed by atoms with Crippen molar-refractivity contribution in [2.24, 2.45) is 0 Å². The first kappa shape index (κ1) is 24.1. The molecular formula is C21H21F2N3O6S. The van der Waals surface area contributed by atoms with Crippen molar-refractivity contribution in [1.82, 2.24) is 13.9 Å². The van der Waals surface area contributed by atoms with Gasteiger partial charge in [-0.15, -0.1) is 0 Å². The van der Waals surface area contributed by atoms with Crippen molar-refractivity contribution in [3.05, 3.63) is 59.7 Å². The van der Waals surface area contributed by atoms with Gasteiger partial charge in [0.25, 0.3) is 0 Å². The van der Waals surface area contributed by atoms with Crippen LogP contribution in [0.5, 0.6) is 0 Å². The molecule has 0 aromatic carbocycles. The first-order valence-corrected chi connectivity index (χ1v) is 11.0. The number of furan rings is 1. The highest BCUT2D eigenvalue weighted by molar-refractivity contribution is 7.89. The van der Waals surface area contributed by atoms with Gasteiger partial charge in [-0.25, -0.2) is 18.1 Å². The van der Waals surface area contributed by atoms with Crippen molar-refractivity contribution in [2.45, 2.75) is 38.0 Å². The fourth-order valence-corrected chi connectivity index (χ4v) is 4.22. The van der Waals surface area contributed by atoms with Crippen molar-refractivity contribution in [3.63, 3.8) is 0 Å². The number of halogens is 2. The summed E-state index contributed by atoms with van der Waals surface area (Å²) in [6.07, 6.45) is 1.57. The summed E-state index contributed by atoms with van der Waals surface area (Å²) < 4.78 is 67.0. The van der Waals surface area contributed by atoms with E-state index in [1.165, 1.54) is 13.1 Å². The molecule has 3 aromatic heterocycles. The van der Waals surface area contributed by atoms with Crippen LogP contribution in [0.1, 0.15) is 36.9 Å². The Bertz CT molecular complexity index is 1310. The zero-order valence-electron chi connectivity index (χ0n) is 18.2. The van der Waals surface area contributed by atoms with Gasteiger partial charge in [-0.05, 0) is 45.0 Å². The molecule has 0 aliphatic heterocycles. The van der Waals surface area contributed by atoms with Crippen molar-refractivity contribution in [3.8, 4) is 11.3 Å². The number of hydrogen-bond donors (Lipinski definition) is 0. The lowest BCUT2D eigenvalue weighted by atomic mass is 10.1. The van der Waals surface area contributed by atoms with Gasteiger partial charge in [0, 0.05) is 25.0 Å². The molecule has 12 heteroatoms. The molecule has 0 unspecified atom stereocenters. The molecule has 0 bridgehead atoms. The lowest BCUT2D eigenvalue weighted by Gasteiger charge is -2.24. The Labute approximate surface area is 188 Å². The number of hydrogen-bond acceptors (Lipinski definition) is 7. The van der Waals surface area contributed by atoms with E-state index < -0.39 is 49.8 Å². The van der Waals surface area contributed by atoms with Crippen LogP contribution in [0.3, 0.4) is 0 Å². The first-order valence-electron chi connectivity index (χ1n) is 9.60. The van der Waals surface area contributed by atoms with Gasteiger partial charge in [-0.2, -0.15) is 12.8 Å². The first-order chi connectivity index (χ1) is 15.3. The van der Waals surface area contributed by atoms with E-state index in [0.717, 1.165) is 35.5 Å². The minimum Gasteiger partial charge on any atom is -0.444 e. The molecule has 0 radical (unpaired) electrons. The van der Waals surface area contributed by atoms with Crippen LogP contribution in [0.15, 0.2) is 46.2 Å². The highest BCUT2D eigenvalue weighted by atomic mass is 32.2. The van der Waals surface area contributed by atoms with Crippen LogP contribution >= 0.6 is 0 Å². The number of aromatic nitrogens is 2. The number of pyridine rings is 1. The summed E-state index contributed by atoms with van der Waals surface area (Å²) in [5, 5.41) is -0.655. The second kappa shape index (κ2) is 8.77. The molecule has 3 aromatic rings. The molecule has 9 nitrogen and oxygen atoms in total. The van der Waals surface area contributed by atoms with Gasteiger partial charge in [-0.3, -0.25) is 4.79 Å². The third-order valence-corrected chi connectivity index (χ3v) is 5.88. The normalized spacial score (nSPS) is 11.9. The van der Waals surface area contributed by atoms with Gasteiger partial charge in [-0.1, -0.05) is 0 Å². The Hall–Kier alpha value is -3.54. The van der Waals surface area contributed by atoms with E-state index in [1.807, 2.05) is 0 Å². The average Bonchev–Trinajstić information content (AvgIpc) is 3.33. The monoisotopic (exact) mass is 481 g/mol. The minimum absolute atomic E-state index is 0.229. The topological polar surface area (TPSA) is 112 Å². The Morgan fingerprint density at radius 3 is 2.55 bits per heavy atom. The molecule has 0 aliphatic carbocycles. The van der Waals surface area contributed by atoms with E-state index in [2.05, 4.69) is 4.98 Å². The zero-order valence-corrected chi connectivity index (χ0v) is 19.0. The minimum atomic E-state index is -4.59. The molecule has 176 valence electrons. The molecule has 0 atom stereocenters. The van der Waals surface area contributed by atoms with Gasteiger partial charge >= 0.3 is 16.1 Å². The fraction of sp³-hybridized carbons (Fsp3) is 0.286. The predicted molar refractivity (Wildman–Crippen MR) is 112 cm³/mol. The molecule has 0 aliphatic rings. The lowest BCUT2D eigenvalue weighted by Crippen LogP contribution is -2.33. The maximum atomic E-state index is 15.5. The third kappa shape index (κ3) is 4.95. The number of amides is 1. The quantitative estimate of drug-likeness (QED) is 0.388. The molecule has 0 saturated heterocycles. The lowest BCUT2D eigenvalue weighted by molar-refractivity contribution is 0.0284. The summed E-state index contributed by atoms with van der Waals surface area (Å²) >= 11 is 0. The summed E-state index contributed by atoms with van der Waals surface area (Å²) in [5.41, 5.74) is -2.10.